The van der Waals surface area contributed by atoms with Crippen LogP contribution >= 0.6 is 15.9 Å². The zero-order chi connectivity index (χ0) is 12.5. The molecule has 17 heavy (non-hydrogen) atoms. The van der Waals surface area contributed by atoms with E-state index in [-0.39, 0.29) is 12.5 Å². The van der Waals surface area contributed by atoms with E-state index in [1.165, 1.54) is 0 Å². The van der Waals surface area contributed by atoms with E-state index in [0.29, 0.717) is 13.0 Å². The number of aryl methyl sites for hydroxylation is 1. The molecule has 1 unspecified atom stereocenters. The van der Waals surface area contributed by atoms with E-state index in [9.17, 15) is 4.79 Å². The molecule has 0 spiro atoms. The second-order valence-electron chi connectivity index (χ2n) is 4.37. The number of halogens is 1. The molecule has 1 aromatic rings. The van der Waals surface area contributed by atoms with Crippen molar-refractivity contribution in [1.82, 2.24) is 0 Å². The quantitative estimate of drug-likeness (QED) is 0.875. The summed E-state index contributed by atoms with van der Waals surface area (Å²) in [4.78, 5) is 12.0. The number of nitrogens with one attached hydrogen (secondary N) is 1. The van der Waals surface area contributed by atoms with Crippen LogP contribution in [0.15, 0.2) is 22.7 Å². The fourth-order valence-electron chi connectivity index (χ4n) is 1.77. The fourth-order valence-corrected chi connectivity index (χ4v) is 2.25. The van der Waals surface area contributed by atoms with Crippen LogP contribution in [0.1, 0.15) is 12.0 Å². The molecule has 1 aliphatic heterocycles. The molecular formula is C12H15BrN2O2. The van der Waals surface area contributed by atoms with E-state index in [4.69, 9.17) is 10.5 Å². The molecule has 0 aliphatic carbocycles. The van der Waals surface area contributed by atoms with Crippen LogP contribution in [0.5, 0.6) is 0 Å². The van der Waals surface area contributed by atoms with Gasteiger partial charge in [0.15, 0.2) is 0 Å². The highest BCUT2D eigenvalue weighted by atomic mass is 79.9. The van der Waals surface area contributed by atoms with Gasteiger partial charge >= 0.3 is 0 Å². The smallest absolute Gasteiger partial charge is 0.246 e. The number of anilines is 1. The fraction of sp³-hybridized carbons (Fsp3) is 0.417. The first-order valence-electron chi connectivity index (χ1n) is 5.45. The first-order valence-corrected chi connectivity index (χ1v) is 6.25. The molecule has 5 heteroatoms. The molecule has 1 amide bonds. The van der Waals surface area contributed by atoms with Crippen molar-refractivity contribution in [3.8, 4) is 0 Å². The number of ether oxygens (including phenoxy) is 1. The molecular weight excluding hydrogens is 284 g/mol. The van der Waals surface area contributed by atoms with E-state index in [1.54, 1.807) is 0 Å². The van der Waals surface area contributed by atoms with Crippen molar-refractivity contribution in [2.45, 2.75) is 18.9 Å². The molecule has 0 bridgehead atoms. The summed E-state index contributed by atoms with van der Waals surface area (Å²) in [6.45, 7) is 2.77. The Morgan fingerprint density at radius 3 is 2.94 bits per heavy atom. The number of nitrogens with two attached hydrogens (primary N) is 1. The highest BCUT2D eigenvalue weighted by Gasteiger charge is 2.38. The van der Waals surface area contributed by atoms with Crippen LogP contribution < -0.4 is 11.1 Å². The molecule has 1 heterocycles. The predicted molar refractivity (Wildman–Crippen MR) is 69.9 cm³/mol. The molecule has 3 N–H and O–H groups in total. The number of amides is 1. The predicted octanol–water partition coefficient (Wildman–Crippen LogP) is 1.81. The van der Waals surface area contributed by atoms with Gasteiger partial charge < -0.3 is 15.8 Å². The average Bonchev–Trinajstić information content (AvgIpc) is 2.71. The Balaban J connectivity index is 2.13. The number of carbonyl (C=O) groups is 1. The lowest BCUT2D eigenvalue weighted by Crippen LogP contribution is -2.51. The third-order valence-electron chi connectivity index (χ3n) is 2.94. The largest absolute Gasteiger partial charge is 0.379 e. The van der Waals surface area contributed by atoms with Gasteiger partial charge in [-0.05, 0) is 37.1 Å². The van der Waals surface area contributed by atoms with Crippen LogP contribution in [-0.4, -0.2) is 24.7 Å². The Morgan fingerprint density at radius 1 is 1.59 bits per heavy atom. The molecule has 0 aromatic heterocycles. The van der Waals surface area contributed by atoms with Gasteiger partial charge in [-0.15, -0.1) is 0 Å². The zero-order valence-corrected chi connectivity index (χ0v) is 11.2. The number of hydrogen-bond acceptors (Lipinski definition) is 3. The number of carbonyl (C=O) groups excluding carboxylic acids is 1. The van der Waals surface area contributed by atoms with Crippen molar-refractivity contribution in [3.05, 3.63) is 28.2 Å². The van der Waals surface area contributed by atoms with Gasteiger partial charge in [0.2, 0.25) is 5.91 Å². The third kappa shape index (κ3) is 2.68. The van der Waals surface area contributed by atoms with Gasteiger partial charge in [0, 0.05) is 16.8 Å². The van der Waals surface area contributed by atoms with Gasteiger partial charge in [0.05, 0.1) is 6.61 Å². The van der Waals surface area contributed by atoms with E-state index < -0.39 is 5.54 Å². The van der Waals surface area contributed by atoms with E-state index in [1.807, 2.05) is 25.1 Å². The molecule has 1 aliphatic rings. The van der Waals surface area contributed by atoms with E-state index in [0.717, 1.165) is 15.7 Å². The summed E-state index contributed by atoms with van der Waals surface area (Å²) < 4.78 is 6.16. The van der Waals surface area contributed by atoms with E-state index >= 15 is 0 Å². The van der Waals surface area contributed by atoms with Crippen LogP contribution in [0.3, 0.4) is 0 Å². The minimum absolute atomic E-state index is 0.180. The highest BCUT2D eigenvalue weighted by Crippen LogP contribution is 2.23. The summed E-state index contributed by atoms with van der Waals surface area (Å²) in [6, 6.07) is 5.69. The Morgan fingerprint density at radius 2 is 2.35 bits per heavy atom. The minimum atomic E-state index is -0.889. The summed E-state index contributed by atoms with van der Waals surface area (Å²) in [5.74, 6) is -0.180. The highest BCUT2D eigenvalue weighted by molar-refractivity contribution is 9.10. The van der Waals surface area contributed by atoms with Gasteiger partial charge in [-0.25, -0.2) is 0 Å². The van der Waals surface area contributed by atoms with Crippen LogP contribution in [-0.2, 0) is 9.53 Å². The first-order chi connectivity index (χ1) is 8.01. The van der Waals surface area contributed by atoms with Crippen molar-refractivity contribution < 1.29 is 9.53 Å². The van der Waals surface area contributed by atoms with Crippen LogP contribution in [0.25, 0.3) is 0 Å². The lowest BCUT2D eigenvalue weighted by atomic mass is 9.99. The normalized spacial score (nSPS) is 23.7. The number of benzene rings is 1. The Kier molecular flexibility index (Phi) is 3.51. The Labute approximate surface area is 109 Å². The van der Waals surface area contributed by atoms with Crippen molar-refractivity contribution >= 4 is 27.5 Å². The minimum Gasteiger partial charge on any atom is -0.379 e. The van der Waals surface area contributed by atoms with Crippen molar-refractivity contribution in [2.24, 2.45) is 5.73 Å². The molecule has 1 atom stereocenters. The first kappa shape index (κ1) is 12.5. The van der Waals surface area contributed by atoms with Gasteiger partial charge in [0.1, 0.15) is 5.54 Å². The third-order valence-corrected chi connectivity index (χ3v) is 3.43. The monoisotopic (exact) mass is 298 g/mol. The summed E-state index contributed by atoms with van der Waals surface area (Å²) in [7, 11) is 0. The molecule has 0 radical (unpaired) electrons. The van der Waals surface area contributed by atoms with Gasteiger partial charge in [0.25, 0.3) is 0 Å². The second-order valence-corrected chi connectivity index (χ2v) is 5.29. The second kappa shape index (κ2) is 4.76. The molecule has 0 saturated carbocycles. The average molecular weight is 299 g/mol. The van der Waals surface area contributed by atoms with Crippen molar-refractivity contribution in [2.75, 3.05) is 18.5 Å². The number of hydrogen-bond donors (Lipinski definition) is 2. The Hall–Kier alpha value is -0.910. The molecule has 92 valence electrons. The van der Waals surface area contributed by atoms with Crippen molar-refractivity contribution in [1.29, 1.82) is 0 Å². The zero-order valence-electron chi connectivity index (χ0n) is 9.63. The topological polar surface area (TPSA) is 64.4 Å². The van der Waals surface area contributed by atoms with E-state index in [2.05, 4.69) is 21.2 Å². The summed E-state index contributed by atoms with van der Waals surface area (Å²) in [5, 5.41) is 2.86. The standard InChI is InChI=1S/C12H15BrN2O2/c1-8-6-9(13)2-3-10(8)15-11(16)12(14)4-5-17-7-12/h2-3,6H,4-5,7,14H2,1H3,(H,15,16). The lowest BCUT2D eigenvalue weighted by Gasteiger charge is -2.21. The molecule has 2 rings (SSSR count). The molecule has 1 fully saturated rings. The van der Waals surface area contributed by atoms with Gasteiger partial charge in [-0.3, -0.25) is 4.79 Å². The van der Waals surface area contributed by atoms with Gasteiger partial charge in [-0.1, -0.05) is 15.9 Å². The summed E-state index contributed by atoms with van der Waals surface area (Å²) >= 11 is 3.38. The Bertz CT molecular complexity index is 442. The lowest BCUT2D eigenvalue weighted by molar-refractivity contribution is -0.121. The van der Waals surface area contributed by atoms with Crippen LogP contribution in [0.4, 0.5) is 5.69 Å². The maximum absolute atomic E-state index is 12.0. The van der Waals surface area contributed by atoms with Crippen LogP contribution in [0, 0.1) is 6.92 Å². The van der Waals surface area contributed by atoms with Crippen molar-refractivity contribution in [3.63, 3.8) is 0 Å². The SMILES string of the molecule is Cc1cc(Br)ccc1NC(=O)C1(N)CCOC1. The molecule has 4 nitrogen and oxygen atoms in total. The van der Waals surface area contributed by atoms with Crippen LogP contribution in [0.2, 0.25) is 0 Å². The maximum Gasteiger partial charge on any atom is 0.246 e. The summed E-state index contributed by atoms with van der Waals surface area (Å²) in [5.41, 5.74) is 6.88. The summed E-state index contributed by atoms with van der Waals surface area (Å²) in [6.07, 6.45) is 0.564. The number of rotatable bonds is 2. The molecule has 1 aromatic carbocycles. The maximum atomic E-state index is 12.0. The molecule has 1 saturated heterocycles. The van der Waals surface area contributed by atoms with Gasteiger partial charge in [-0.2, -0.15) is 0 Å².